The summed E-state index contributed by atoms with van der Waals surface area (Å²) in [6.45, 7) is 3.29. The van der Waals surface area contributed by atoms with Crippen molar-refractivity contribution in [1.82, 2.24) is 19.5 Å². The average molecular weight is 492 g/mol. The molecule has 3 aromatic rings. The van der Waals surface area contributed by atoms with E-state index in [9.17, 15) is 5.26 Å². The largest absolute Gasteiger partial charge is 0.343 e. The summed E-state index contributed by atoms with van der Waals surface area (Å²) in [6.07, 6.45) is 10.6. The fourth-order valence-electron chi connectivity index (χ4n) is 3.88. The Hall–Kier alpha value is -1.72. The highest BCUT2D eigenvalue weighted by Crippen LogP contribution is 2.34. The number of pyridine rings is 1. The second-order valence-corrected chi connectivity index (χ2v) is 8.95. The summed E-state index contributed by atoms with van der Waals surface area (Å²) >= 11 is 8.44. The Balaban J connectivity index is 1.84. The lowest BCUT2D eigenvalue weighted by atomic mass is 9.83. The molecule has 4 rings (SSSR count). The van der Waals surface area contributed by atoms with Gasteiger partial charge in [0.1, 0.15) is 17.3 Å². The van der Waals surface area contributed by atoms with Crippen molar-refractivity contribution < 1.29 is 0 Å². The molecule has 7 heteroatoms. The summed E-state index contributed by atoms with van der Waals surface area (Å²) in [7, 11) is 0. The molecule has 0 unspecified atom stereocenters. The van der Waals surface area contributed by atoms with Crippen molar-refractivity contribution in [2.75, 3.05) is 0 Å². The Morgan fingerprint density at radius 1 is 1.26 bits per heavy atom. The van der Waals surface area contributed by atoms with Crippen LogP contribution in [0.15, 0.2) is 24.7 Å². The molecule has 0 aliphatic heterocycles. The number of nitriles is 1. The molecule has 0 bridgehead atoms. The van der Waals surface area contributed by atoms with Crippen molar-refractivity contribution in [3.63, 3.8) is 0 Å². The smallest absolute Gasteiger partial charge is 0.233 e. The van der Waals surface area contributed by atoms with Crippen LogP contribution in [0.3, 0.4) is 0 Å². The van der Waals surface area contributed by atoms with E-state index in [4.69, 9.17) is 11.6 Å². The quantitative estimate of drug-likeness (QED) is 0.457. The molecule has 1 aliphatic carbocycles. The van der Waals surface area contributed by atoms with Gasteiger partial charge in [-0.2, -0.15) is 5.26 Å². The Morgan fingerprint density at radius 2 is 2.04 bits per heavy atom. The molecule has 0 N–H and O–H groups in total. The summed E-state index contributed by atoms with van der Waals surface area (Å²) in [5, 5.41) is 9.93. The van der Waals surface area contributed by atoms with Gasteiger partial charge in [0, 0.05) is 30.7 Å². The third kappa shape index (κ3) is 3.81. The van der Waals surface area contributed by atoms with Crippen LogP contribution >= 0.6 is 34.2 Å². The number of hydrogen-bond acceptors (Lipinski definition) is 4. The maximum atomic E-state index is 9.38. The van der Waals surface area contributed by atoms with Crippen LogP contribution in [-0.2, 0) is 6.54 Å². The van der Waals surface area contributed by atoms with E-state index >= 15 is 0 Å². The topological polar surface area (TPSA) is 67.4 Å². The average Bonchev–Trinajstić information content (AvgIpc) is 2.98. The highest BCUT2D eigenvalue weighted by atomic mass is 127. The summed E-state index contributed by atoms with van der Waals surface area (Å²) in [4.78, 5) is 13.2. The van der Waals surface area contributed by atoms with Crippen LogP contribution < -0.4 is 0 Å². The Kier molecular flexibility index (Phi) is 5.33. The molecule has 5 nitrogen and oxygen atoms in total. The first-order valence-corrected chi connectivity index (χ1v) is 10.6. The van der Waals surface area contributed by atoms with E-state index in [0.717, 1.165) is 38.3 Å². The van der Waals surface area contributed by atoms with Crippen molar-refractivity contribution in [2.24, 2.45) is 11.8 Å². The number of hydrogen-bond donors (Lipinski definition) is 0. The summed E-state index contributed by atoms with van der Waals surface area (Å²) in [5.74, 6) is 1.66. The van der Waals surface area contributed by atoms with Gasteiger partial charge in [0.2, 0.25) is 5.82 Å². The SMILES string of the molecule is CC1CCC(Cn2cc(I)c3nc(C#N)nc(-c4cncc(Cl)c4)c32)CC1. The first-order chi connectivity index (χ1) is 13.0. The molecule has 1 aliphatic rings. The Morgan fingerprint density at radius 3 is 2.74 bits per heavy atom. The lowest BCUT2D eigenvalue weighted by molar-refractivity contribution is 0.267. The van der Waals surface area contributed by atoms with Crippen LogP contribution in [0.4, 0.5) is 0 Å². The first-order valence-electron chi connectivity index (χ1n) is 9.12. The van der Waals surface area contributed by atoms with Crippen molar-refractivity contribution in [2.45, 2.75) is 39.2 Å². The van der Waals surface area contributed by atoms with Crippen molar-refractivity contribution in [1.29, 1.82) is 5.26 Å². The van der Waals surface area contributed by atoms with Crippen LogP contribution in [0.2, 0.25) is 5.02 Å². The molecule has 0 atom stereocenters. The lowest BCUT2D eigenvalue weighted by Crippen LogP contribution is -2.17. The van der Waals surface area contributed by atoms with E-state index in [-0.39, 0.29) is 5.82 Å². The normalized spacial score (nSPS) is 19.9. The van der Waals surface area contributed by atoms with Crippen molar-refractivity contribution in [3.8, 4) is 17.3 Å². The highest BCUT2D eigenvalue weighted by molar-refractivity contribution is 14.1. The molecule has 0 aromatic carbocycles. The van der Waals surface area contributed by atoms with Gasteiger partial charge in [-0.3, -0.25) is 4.98 Å². The molecule has 3 aromatic heterocycles. The number of aromatic nitrogens is 4. The summed E-state index contributed by atoms with van der Waals surface area (Å²) < 4.78 is 3.29. The van der Waals surface area contributed by atoms with E-state index in [0.29, 0.717) is 10.9 Å². The molecular formula is C20H19ClIN5. The monoisotopic (exact) mass is 491 g/mol. The molecule has 138 valence electrons. The predicted molar refractivity (Wildman–Crippen MR) is 114 cm³/mol. The van der Waals surface area contributed by atoms with Crippen LogP contribution in [0, 0.1) is 26.7 Å². The molecular weight excluding hydrogens is 473 g/mol. The Bertz CT molecular complexity index is 1030. The van der Waals surface area contributed by atoms with E-state index < -0.39 is 0 Å². The lowest BCUT2D eigenvalue weighted by Gasteiger charge is -2.26. The zero-order valence-corrected chi connectivity index (χ0v) is 17.9. The fraction of sp³-hybridized carbons (Fsp3) is 0.400. The van der Waals surface area contributed by atoms with Gasteiger partial charge in [0.25, 0.3) is 0 Å². The maximum absolute atomic E-state index is 9.38. The van der Waals surface area contributed by atoms with Crippen LogP contribution in [0.25, 0.3) is 22.3 Å². The third-order valence-corrected chi connectivity index (χ3v) is 6.33. The van der Waals surface area contributed by atoms with Gasteiger partial charge in [-0.05, 0) is 53.3 Å². The number of fused-ring (bicyclic) bond motifs is 1. The standard InChI is InChI=1S/C20H19ClIN5/c1-12-2-4-13(5-3-12)10-27-11-16(22)19-20(27)18(25-17(7-23)26-19)14-6-15(21)9-24-8-14/h6,8-9,11-13H,2-5,10H2,1H3. The molecule has 0 radical (unpaired) electrons. The summed E-state index contributed by atoms with van der Waals surface area (Å²) in [6, 6.07) is 3.92. The molecule has 1 fully saturated rings. The van der Waals surface area contributed by atoms with Gasteiger partial charge in [-0.25, -0.2) is 9.97 Å². The van der Waals surface area contributed by atoms with Gasteiger partial charge in [0.15, 0.2) is 0 Å². The van der Waals surface area contributed by atoms with Gasteiger partial charge >= 0.3 is 0 Å². The highest BCUT2D eigenvalue weighted by Gasteiger charge is 2.22. The number of rotatable bonds is 3. The van der Waals surface area contributed by atoms with Crippen LogP contribution in [0.5, 0.6) is 0 Å². The third-order valence-electron chi connectivity index (χ3n) is 5.34. The second-order valence-electron chi connectivity index (χ2n) is 7.35. The number of nitrogens with zero attached hydrogens (tertiary/aromatic N) is 5. The van der Waals surface area contributed by atoms with Crippen molar-refractivity contribution in [3.05, 3.63) is 39.1 Å². The van der Waals surface area contributed by atoms with E-state index in [1.165, 1.54) is 25.7 Å². The molecule has 27 heavy (non-hydrogen) atoms. The van der Waals surface area contributed by atoms with E-state index in [1.54, 1.807) is 12.4 Å². The fourth-order valence-corrected chi connectivity index (χ4v) is 4.77. The van der Waals surface area contributed by atoms with Gasteiger partial charge in [-0.15, -0.1) is 0 Å². The van der Waals surface area contributed by atoms with Crippen LogP contribution in [0.1, 0.15) is 38.4 Å². The van der Waals surface area contributed by atoms with Gasteiger partial charge in [0.05, 0.1) is 14.1 Å². The molecule has 3 heterocycles. The predicted octanol–water partition coefficient (Wildman–Crippen LogP) is 5.45. The maximum Gasteiger partial charge on any atom is 0.233 e. The van der Waals surface area contributed by atoms with Gasteiger partial charge in [-0.1, -0.05) is 31.4 Å². The minimum Gasteiger partial charge on any atom is -0.343 e. The van der Waals surface area contributed by atoms with Crippen LogP contribution in [-0.4, -0.2) is 19.5 Å². The Labute approximate surface area is 176 Å². The molecule has 0 saturated heterocycles. The molecule has 1 saturated carbocycles. The van der Waals surface area contributed by atoms with E-state index in [1.807, 2.05) is 6.07 Å². The minimum absolute atomic E-state index is 0.166. The zero-order chi connectivity index (χ0) is 19.0. The second kappa shape index (κ2) is 7.72. The molecule has 0 spiro atoms. The first kappa shape index (κ1) is 18.6. The van der Waals surface area contributed by atoms with Crippen molar-refractivity contribution >= 4 is 45.2 Å². The number of halogens is 2. The van der Waals surface area contributed by atoms with E-state index in [2.05, 4.69) is 61.3 Å². The van der Waals surface area contributed by atoms with Gasteiger partial charge < -0.3 is 4.57 Å². The zero-order valence-electron chi connectivity index (χ0n) is 15.0. The summed E-state index contributed by atoms with van der Waals surface area (Å²) in [5.41, 5.74) is 3.31. The minimum atomic E-state index is 0.166. The molecule has 0 amide bonds.